The van der Waals surface area contributed by atoms with Crippen LogP contribution in [-0.2, 0) is 41.2 Å². The molecule has 2 heterocycles. The first kappa shape index (κ1) is 35.4. The van der Waals surface area contributed by atoms with E-state index in [2.05, 4.69) is 5.32 Å². The minimum absolute atomic E-state index is 0.0641. The summed E-state index contributed by atoms with van der Waals surface area (Å²) >= 11 is 5.86. The summed E-state index contributed by atoms with van der Waals surface area (Å²) in [6.07, 6.45) is 3.96. The molecule has 12 nitrogen and oxygen atoms in total. The zero-order valence-corrected chi connectivity index (χ0v) is 28.4. The van der Waals surface area contributed by atoms with Crippen molar-refractivity contribution in [2.75, 3.05) is 30.9 Å². The molecule has 1 aromatic heterocycles. The standard InChI is InChI=1S/C30H36ClFN3O9PS/c1-18(2)44-30(39)42-17-43-45(40,41)21-9-10-22-23(19(3)36)13-34(25(22)11-21)14-27(37)35-16-46(4,5)15-26(35)29(38)33-12-20-7-6-8-24(31)28(20)32/h6-11,13,18,26H,12,14-17H2,1-5H3,(H,33,38)(H,40,41)/t26-/m0/s1. The lowest BCUT2D eigenvalue weighted by Crippen LogP contribution is -2.48. The van der Waals surface area contributed by atoms with E-state index in [9.17, 15) is 33.0 Å². The van der Waals surface area contributed by atoms with Crippen LogP contribution in [0.4, 0.5) is 9.18 Å². The molecule has 3 aromatic rings. The van der Waals surface area contributed by atoms with Crippen molar-refractivity contribution in [2.24, 2.45) is 0 Å². The van der Waals surface area contributed by atoms with Gasteiger partial charge < -0.3 is 29.2 Å². The summed E-state index contributed by atoms with van der Waals surface area (Å²) in [4.78, 5) is 63.2. The Morgan fingerprint density at radius 1 is 1.20 bits per heavy atom. The Hall–Kier alpha value is -3.42. The predicted molar refractivity (Wildman–Crippen MR) is 173 cm³/mol. The van der Waals surface area contributed by atoms with Crippen molar-refractivity contribution in [1.29, 1.82) is 0 Å². The number of amides is 2. The molecule has 250 valence electrons. The topological polar surface area (TPSA) is 153 Å². The van der Waals surface area contributed by atoms with Crippen molar-refractivity contribution in [3.63, 3.8) is 0 Å². The number of fused-ring (bicyclic) bond motifs is 1. The molecule has 0 radical (unpaired) electrons. The van der Waals surface area contributed by atoms with Gasteiger partial charge in [0.15, 0.2) is 5.78 Å². The van der Waals surface area contributed by atoms with Gasteiger partial charge in [0.25, 0.3) is 0 Å². The zero-order valence-electron chi connectivity index (χ0n) is 26.0. The van der Waals surface area contributed by atoms with Crippen molar-refractivity contribution in [2.45, 2.75) is 46.0 Å². The van der Waals surface area contributed by atoms with Crippen LogP contribution >= 0.6 is 29.2 Å². The fourth-order valence-electron chi connectivity index (χ4n) is 5.04. The van der Waals surface area contributed by atoms with Crippen molar-refractivity contribution in [3.05, 3.63) is 64.6 Å². The van der Waals surface area contributed by atoms with Gasteiger partial charge in [0.2, 0.25) is 18.6 Å². The summed E-state index contributed by atoms with van der Waals surface area (Å²) in [6.45, 7) is 3.33. The Bertz CT molecular complexity index is 1730. The molecule has 0 spiro atoms. The fraction of sp³-hybridized carbons (Fsp3) is 0.400. The number of ketones is 1. The molecular formula is C30H36ClFN3O9PS. The molecule has 1 aliphatic rings. The largest absolute Gasteiger partial charge is 0.510 e. The van der Waals surface area contributed by atoms with E-state index in [0.717, 1.165) is 0 Å². The van der Waals surface area contributed by atoms with E-state index in [1.165, 1.54) is 52.9 Å². The normalized spacial score (nSPS) is 17.8. The quantitative estimate of drug-likeness (QED) is 0.127. The van der Waals surface area contributed by atoms with Gasteiger partial charge in [0.05, 0.1) is 27.8 Å². The van der Waals surface area contributed by atoms with E-state index in [4.69, 9.17) is 25.6 Å². The fourth-order valence-corrected chi connectivity index (χ4v) is 8.49. The number of carbonyl (C=O) groups excluding carboxylic acids is 4. The number of rotatable bonds is 11. The molecule has 1 aliphatic heterocycles. The van der Waals surface area contributed by atoms with Gasteiger partial charge >= 0.3 is 13.8 Å². The number of nitrogens with zero attached hydrogens (tertiary/aromatic N) is 2. The number of carbonyl (C=O) groups is 4. The number of nitrogens with one attached hydrogen (secondary N) is 1. The third kappa shape index (κ3) is 8.29. The Balaban J connectivity index is 1.55. The number of hydrogen-bond donors (Lipinski definition) is 2. The molecule has 2 aromatic carbocycles. The molecule has 16 heteroatoms. The van der Waals surface area contributed by atoms with Gasteiger partial charge in [-0.25, -0.2) is 19.2 Å². The zero-order chi connectivity index (χ0) is 34.0. The van der Waals surface area contributed by atoms with Crippen molar-refractivity contribution >= 4 is 69.2 Å². The highest BCUT2D eigenvalue weighted by Crippen LogP contribution is 2.48. The van der Waals surface area contributed by atoms with Crippen molar-refractivity contribution in [3.8, 4) is 0 Å². The first-order valence-corrected chi connectivity index (χ1v) is 18.9. The average molecular weight is 700 g/mol. The third-order valence-electron chi connectivity index (χ3n) is 7.19. The van der Waals surface area contributed by atoms with Gasteiger partial charge in [-0.15, -0.1) is 0 Å². The van der Waals surface area contributed by atoms with E-state index < -0.39 is 60.3 Å². The number of Topliss-reactive ketones (excluding diaryl/α,β-unsaturated/α-hetero) is 1. The number of aromatic nitrogens is 1. The molecule has 2 atom stereocenters. The van der Waals surface area contributed by atoms with Crippen molar-refractivity contribution in [1.82, 2.24) is 14.8 Å². The maximum absolute atomic E-state index is 14.4. The lowest BCUT2D eigenvalue weighted by molar-refractivity contribution is -0.138. The van der Waals surface area contributed by atoms with Crippen molar-refractivity contribution < 1.29 is 47.0 Å². The Labute approximate surface area is 272 Å². The molecule has 1 saturated heterocycles. The van der Waals surface area contributed by atoms with Gasteiger partial charge in [-0.1, -0.05) is 29.8 Å². The van der Waals surface area contributed by atoms with Gasteiger partial charge in [0, 0.05) is 35.0 Å². The van der Waals surface area contributed by atoms with Crippen LogP contribution in [0, 0.1) is 5.82 Å². The summed E-state index contributed by atoms with van der Waals surface area (Å²) in [5.41, 5.74) is 0.798. The molecule has 1 unspecified atom stereocenters. The molecule has 1 fully saturated rings. The maximum atomic E-state index is 14.4. The average Bonchev–Trinajstić information content (AvgIpc) is 3.49. The van der Waals surface area contributed by atoms with Crippen LogP contribution in [0.1, 0.15) is 36.7 Å². The van der Waals surface area contributed by atoms with E-state index >= 15 is 0 Å². The third-order valence-corrected chi connectivity index (χ3v) is 11.1. The number of benzene rings is 2. The maximum Gasteiger partial charge on any atom is 0.510 e. The molecule has 2 N–H and O–H groups in total. The number of halogens is 2. The predicted octanol–water partition coefficient (Wildman–Crippen LogP) is 4.53. The summed E-state index contributed by atoms with van der Waals surface area (Å²) in [5, 5.41) is 2.92. The van der Waals surface area contributed by atoms with E-state index in [0.29, 0.717) is 22.5 Å². The highest BCUT2D eigenvalue weighted by molar-refractivity contribution is 8.32. The Kier molecular flexibility index (Phi) is 10.9. The molecule has 0 saturated carbocycles. The van der Waals surface area contributed by atoms with E-state index in [1.54, 1.807) is 19.9 Å². The molecular weight excluding hydrogens is 664 g/mol. The molecule has 2 amide bonds. The SMILES string of the molecule is CC(=O)c1cn(CC(=O)N2CS(C)(C)C[C@H]2C(=O)NCc2cccc(Cl)c2F)c2cc(P(=O)(O)OCOC(=O)OC(C)C)ccc12. The van der Waals surface area contributed by atoms with Gasteiger partial charge in [-0.2, -0.15) is 0 Å². The van der Waals surface area contributed by atoms with Crippen LogP contribution in [0.2, 0.25) is 5.02 Å². The van der Waals surface area contributed by atoms with Crippen LogP contribution in [0.3, 0.4) is 0 Å². The molecule has 0 bridgehead atoms. The van der Waals surface area contributed by atoms with Crippen LogP contribution in [0.5, 0.6) is 0 Å². The molecule has 4 rings (SSSR count). The van der Waals surface area contributed by atoms with E-state index in [-0.39, 0.29) is 40.3 Å². The molecule has 46 heavy (non-hydrogen) atoms. The summed E-state index contributed by atoms with van der Waals surface area (Å²) in [7, 11) is -5.89. The van der Waals surface area contributed by atoms with Crippen LogP contribution in [0.15, 0.2) is 42.6 Å². The van der Waals surface area contributed by atoms with Crippen LogP contribution in [0.25, 0.3) is 10.9 Å². The van der Waals surface area contributed by atoms with Gasteiger partial charge in [-0.3, -0.25) is 23.5 Å². The lowest BCUT2D eigenvalue weighted by Gasteiger charge is -2.25. The van der Waals surface area contributed by atoms with Gasteiger partial charge in [-0.05, 0) is 51.5 Å². The molecule has 0 aliphatic carbocycles. The Morgan fingerprint density at radius 2 is 1.91 bits per heavy atom. The van der Waals surface area contributed by atoms with E-state index in [1.807, 2.05) is 12.5 Å². The van der Waals surface area contributed by atoms with Crippen LogP contribution < -0.4 is 10.6 Å². The van der Waals surface area contributed by atoms with Gasteiger partial charge in [0.1, 0.15) is 18.4 Å². The lowest BCUT2D eigenvalue weighted by atomic mass is 10.1. The summed E-state index contributed by atoms with van der Waals surface area (Å²) in [5.74, 6) is -0.984. The minimum atomic E-state index is -4.52. The number of ether oxygens (including phenoxy) is 2. The monoisotopic (exact) mass is 699 g/mol. The first-order valence-electron chi connectivity index (χ1n) is 14.1. The highest BCUT2D eigenvalue weighted by Gasteiger charge is 2.41. The highest BCUT2D eigenvalue weighted by atomic mass is 35.5. The smallest absolute Gasteiger partial charge is 0.432 e. The second-order valence-corrected chi connectivity index (χ2v) is 18.0. The summed E-state index contributed by atoms with van der Waals surface area (Å²) in [6, 6.07) is 7.79. The minimum Gasteiger partial charge on any atom is -0.432 e. The second kappa shape index (κ2) is 14.1. The first-order chi connectivity index (χ1) is 21.5. The van der Waals surface area contributed by atoms with Crippen LogP contribution in [-0.4, -0.2) is 81.2 Å². The summed E-state index contributed by atoms with van der Waals surface area (Å²) < 4.78 is 43.3. The second-order valence-electron chi connectivity index (χ2n) is 11.6. The number of hydrogen-bond acceptors (Lipinski definition) is 8. The Morgan fingerprint density at radius 3 is 2.59 bits per heavy atom.